The quantitative estimate of drug-likeness (QED) is 0.512. The van der Waals surface area contributed by atoms with Crippen LogP contribution in [0.5, 0.6) is 0 Å². The average Bonchev–Trinajstić information content (AvgIpc) is 2.77. The molecule has 1 aromatic heterocycles. The van der Waals surface area contributed by atoms with E-state index in [2.05, 4.69) is 10.2 Å². The molecule has 2 rings (SSSR count). The SMILES string of the molecule is Cn1c(CO)nnc1SCc1c(F)cccc1[N+](=O)[O-]. The number of hydrogen-bond donors (Lipinski definition) is 1. The number of aliphatic hydroxyl groups excluding tert-OH is 1. The summed E-state index contributed by atoms with van der Waals surface area (Å²) in [5, 5.41) is 27.9. The lowest BCUT2D eigenvalue weighted by Crippen LogP contribution is -2.00. The van der Waals surface area contributed by atoms with Gasteiger partial charge in [0.2, 0.25) is 0 Å². The number of hydrogen-bond acceptors (Lipinski definition) is 6. The molecule has 0 atom stereocenters. The predicted octanol–water partition coefficient (Wildman–Crippen LogP) is 1.65. The topological polar surface area (TPSA) is 94.1 Å². The van der Waals surface area contributed by atoms with Crippen LogP contribution in [0.15, 0.2) is 23.4 Å². The third-order valence-corrected chi connectivity index (χ3v) is 3.75. The van der Waals surface area contributed by atoms with Crippen molar-refractivity contribution in [1.29, 1.82) is 0 Å². The summed E-state index contributed by atoms with van der Waals surface area (Å²) in [6.07, 6.45) is 0. The summed E-state index contributed by atoms with van der Waals surface area (Å²) in [4.78, 5) is 10.2. The summed E-state index contributed by atoms with van der Waals surface area (Å²) >= 11 is 1.12. The monoisotopic (exact) mass is 298 g/mol. The number of aliphatic hydroxyl groups is 1. The second-order valence-electron chi connectivity index (χ2n) is 3.90. The molecule has 0 saturated heterocycles. The van der Waals surface area contributed by atoms with Crippen molar-refractivity contribution >= 4 is 17.4 Å². The Balaban J connectivity index is 2.22. The summed E-state index contributed by atoms with van der Waals surface area (Å²) in [5.74, 6) is -0.202. The maximum absolute atomic E-state index is 13.7. The third-order valence-electron chi connectivity index (χ3n) is 2.70. The molecule has 0 aliphatic heterocycles. The first-order valence-corrected chi connectivity index (χ1v) is 6.57. The highest BCUT2D eigenvalue weighted by Gasteiger charge is 2.19. The lowest BCUT2D eigenvalue weighted by atomic mass is 10.2. The van der Waals surface area contributed by atoms with Crippen LogP contribution in [0.1, 0.15) is 11.4 Å². The summed E-state index contributed by atoms with van der Waals surface area (Å²) in [7, 11) is 1.66. The van der Waals surface area contributed by atoms with Gasteiger partial charge < -0.3 is 9.67 Å². The molecule has 0 aliphatic carbocycles. The van der Waals surface area contributed by atoms with Crippen LogP contribution in [-0.2, 0) is 19.4 Å². The van der Waals surface area contributed by atoms with Crippen LogP contribution >= 0.6 is 11.8 Å². The number of nitro benzene ring substituents is 1. The second kappa shape index (κ2) is 5.97. The first-order chi connectivity index (χ1) is 9.54. The van der Waals surface area contributed by atoms with E-state index in [4.69, 9.17) is 5.11 Å². The normalized spacial score (nSPS) is 10.8. The zero-order chi connectivity index (χ0) is 14.7. The minimum atomic E-state index is -0.628. The van der Waals surface area contributed by atoms with Crippen molar-refractivity contribution in [3.05, 3.63) is 45.5 Å². The first kappa shape index (κ1) is 14.4. The molecule has 1 heterocycles. The van der Waals surface area contributed by atoms with Gasteiger partial charge in [-0.2, -0.15) is 0 Å². The van der Waals surface area contributed by atoms with E-state index in [1.807, 2.05) is 0 Å². The molecule has 7 nitrogen and oxygen atoms in total. The average molecular weight is 298 g/mol. The van der Waals surface area contributed by atoms with Crippen molar-refractivity contribution in [2.75, 3.05) is 0 Å². The molecular weight excluding hydrogens is 287 g/mol. The van der Waals surface area contributed by atoms with E-state index < -0.39 is 10.7 Å². The molecule has 0 spiro atoms. The van der Waals surface area contributed by atoms with Gasteiger partial charge in [0.05, 0.1) is 10.5 Å². The highest BCUT2D eigenvalue weighted by molar-refractivity contribution is 7.98. The molecule has 1 aromatic carbocycles. The van der Waals surface area contributed by atoms with Crippen LogP contribution in [0, 0.1) is 15.9 Å². The maximum Gasteiger partial charge on any atom is 0.276 e. The largest absolute Gasteiger partial charge is 0.388 e. The number of thioether (sulfide) groups is 1. The van der Waals surface area contributed by atoms with Gasteiger partial charge in [-0.15, -0.1) is 10.2 Å². The van der Waals surface area contributed by atoms with E-state index in [1.165, 1.54) is 18.2 Å². The van der Waals surface area contributed by atoms with Crippen LogP contribution in [0.4, 0.5) is 10.1 Å². The number of nitrogens with zero attached hydrogens (tertiary/aromatic N) is 4. The summed E-state index contributed by atoms with van der Waals surface area (Å²) in [5.41, 5.74) is -0.252. The fourth-order valence-corrected chi connectivity index (χ4v) is 2.56. The van der Waals surface area contributed by atoms with Gasteiger partial charge in [0.1, 0.15) is 12.4 Å². The molecule has 0 saturated carbocycles. The minimum absolute atomic E-state index is 0.0102. The van der Waals surface area contributed by atoms with Crippen molar-refractivity contribution < 1.29 is 14.4 Å². The molecule has 0 aliphatic rings. The van der Waals surface area contributed by atoms with Crippen molar-refractivity contribution in [2.24, 2.45) is 7.05 Å². The number of nitro groups is 1. The third kappa shape index (κ3) is 2.78. The summed E-state index contributed by atoms with van der Waals surface area (Å²) in [6.45, 7) is -0.260. The lowest BCUT2D eigenvalue weighted by molar-refractivity contribution is -0.385. The van der Waals surface area contributed by atoms with E-state index in [0.717, 1.165) is 11.8 Å². The van der Waals surface area contributed by atoms with Crippen LogP contribution in [0.3, 0.4) is 0 Å². The zero-order valence-electron chi connectivity index (χ0n) is 10.5. The molecule has 9 heteroatoms. The highest BCUT2D eigenvalue weighted by Crippen LogP contribution is 2.28. The van der Waals surface area contributed by atoms with Gasteiger partial charge in [0, 0.05) is 18.9 Å². The van der Waals surface area contributed by atoms with E-state index in [1.54, 1.807) is 11.6 Å². The maximum atomic E-state index is 13.7. The van der Waals surface area contributed by atoms with E-state index in [9.17, 15) is 14.5 Å². The van der Waals surface area contributed by atoms with Crippen molar-refractivity contribution in [1.82, 2.24) is 14.8 Å². The fraction of sp³-hybridized carbons (Fsp3) is 0.273. The lowest BCUT2D eigenvalue weighted by Gasteiger charge is -2.04. The highest BCUT2D eigenvalue weighted by atomic mass is 32.2. The van der Waals surface area contributed by atoms with Gasteiger partial charge in [-0.05, 0) is 6.07 Å². The fourth-order valence-electron chi connectivity index (χ4n) is 1.61. The molecule has 2 aromatic rings. The molecule has 0 fully saturated rings. The standard InChI is InChI=1S/C11H11FN4O3S/c1-15-10(5-17)13-14-11(15)20-6-7-8(12)3-2-4-9(7)16(18)19/h2-4,17H,5-6H2,1H3. The van der Waals surface area contributed by atoms with Gasteiger partial charge in [-0.3, -0.25) is 10.1 Å². The Kier molecular flexibility index (Phi) is 4.30. The van der Waals surface area contributed by atoms with E-state index in [-0.39, 0.29) is 23.6 Å². The summed E-state index contributed by atoms with van der Waals surface area (Å²) < 4.78 is 15.2. The van der Waals surface area contributed by atoms with Crippen LogP contribution in [-0.4, -0.2) is 24.8 Å². The Hall–Kier alpha value is -2.00. The predicted molar refractivity (Wildman–Crippen MR) is 69.5 cm³/mol. The Morgan fingerprint density at radius 1 is 1.50 bits per heavy atom. The van der Waals surface area contributed by atoms with Gasteiger partial charge in [0.25, 0.3) is 5.69 Å². The molecule has 0 amide bonds. The van der Waals surface area contributed by atoms with Crippen molar-refractivity contribution in [3.8, 4) is 0 Å². The van der Waals surface area contributed by atoms with Crippen molar-refractivity contribution in [2.45, 2.75) is 17.5 Å². The molecule has 0 unspecified atom stereocenters. The smallest absolute Gasteiger partial charge is 0.276 e. The molecule has 106 valence electrons. The molecule has 1 N–H and O–H groups in total. The van der Waals surface area contributed by atoms with E-state index in [0.29, 0.717) is 11.0 Å². The Labute approximate surface area is 117 Å². The van der Waals surface area contributed by atoms with Gasteiger partial charge in [0.15, 0.2) is 11.0 Å². The second-order valence-corrected chi connectivity index (χ2v) is 4.84. The van der Waals surface area contributed by atoms with Crippen molar-refractivity contribution in [3.63, 3.8) is 0 Å². The number of rotatable bonds is 5. The number of aromatic nitrogens is 3. The Bertz CT molecular complexity index is 647. The molecule has 0 radical (unpaired) electrons. The van der Waals surface area contributed by atoms with Crippen LogP contribution in [0.2, 0.25) is 0 Å². The van der Waals surface area contributed by atoms with Gasteiger partial charge >= 0.3 is 0 Å². The number of halogens is 1. The molecule has 0 bridgehead atoms. The van der Waals surface area contributed by atoms with Crippen LogP contribution < -0.4 is 0 Å². The minimum Gasteiger partial charge on any atom is -0.388 e. The van der Waals surface area contributed by atoms with Crippen LogP contribution in [0.25, 0.3) is 0 Å². The zero-order valence-corrected chi connectivity index (χ0v) is 11.3. The molecule has 20 heavy (non-hydrogen) atoms. The number of benzene rings is 1. The Morgan fingerprint density at radius 3 is 2.85 bits per heavy atom. The Morgan fingerprint density at radius 2 is 2.25 bits per heavy atom. The first-order valence-electron chi connectivity index (χ1n) is 5.58. The molecular formula is C11H11FN4O3S. The van der Waals surface area contributed by atoms with Gasteiger partial charge in [-0.1, -0.05) is 17.8 Å². The van der Waals surface area contributed by atoms with E-state index >= 15 is 0 Å². The van der Waals surface area contributed by atoms with Gasteiger partial charge in [-0.25, -0.2) is 4.39 Å². The summed E-state index contributed by atoms with van der Waals surface area (Å²) in [6, 6.07) is 3.74.